The summed E-state index contributed by atoms with van der Waals surface area (Å²) in [7, 11) is 0. The molecule has 3 heterocycles. The first-order chi connectivity index (χ1) is 9.15. The number of imidazole rings is 1. The van der Waals surface area contributed by atoms with Crippen molar-refractivity contribution in [3.63, 3.8) is 0 Å². The van der Waals surface area contributed by atoms with Crippen LogP contribution in [0.2, 0.25) is 0 Å². The third-order valence-electron chi connectivity index (χ3n) is 3.11. The molecule has 2 aromatic rings. The Morgan fingerprint density at radius 1 is 1.42 bits per heavy atom. The van der Waals surface area contributed by atoms with Crippen LogP contribution >= 0.6 is 0 Å². The van der Waals surface area contributed by atoms with Gasteiger partial charge in [0.15, 0.2) is 17.4 Å². The topological polar surface area (TPSA) is 122 Å². The van der Waals surface area contributed by atoms with Crippen LogP contribution in [-0.4, -0.2) is 48.6 Å². The van der Waals surface area contributed by atoms with Crippen LogP contribution in [0.1, 0.15) is 6.23 Å². The van der Waals surface area contributed by atoms with Crippen molar-refractivity contribution in [3.8, 4) is 0 Å². The summed E-state index contributed by atoms with van der Waals surface area (Å²) >= 11 is 0. The lowest BCUT2D eigenvalue weighted by Crippen LogP contribution is -2.34. The van der Waals surface area contributed by atoms with Gasteiger partial charge in [-0.05, 0) is 0 Å². The van der Waals surface area contributed by atoms with Crippen molar-refractivity contribution in [2.24, 2.45) is 0 Å². The normalized spacial score (nSPS) is 22.6. The van der Waals surface area contributed by atoms with Gasteiger partial charge in [-0.15, -0.1) is 0 Å². The van der Waals surface area contributed by atoms with E-state index < -0.39 is 23.6 Å². The van der Waals surface area contributed by atoms with Crippen molar-refractivity contribution in [2.45, 2.75) is 18.9 Å². The van der Waals surface area contributed by atoms with Crippen LogP contribution in [0.15, 0.2) is 15.9 Å². The summed E-state index contributed by atoms with van der Waals surface area (Å²) in [6, 6.07) is 0. The van der Waals surface area contributed by atoms with Crippen molar-refractivity contribution in [3.05, 3.63) is 27.2 Å². The molecule has 3 N–H and O–H groups in total. The number of aromatic amines is 1. The fourth-order valence-corrected chi connectivity index (χ4v) is 2.25. The largest absolute Gasteiger partial charge is 0.394 e. The Morgan fingerprint density at radius 2 is 2.21 bits per heavy atom. The van der Waals surface area contributed by atoms with Crippen molar-refractivity contribution >= 4 is 11.2 Å². The number of H-pyrrole nitrogens is 1. The lowest BCUT2D eigenvalue weighted by Gasteiger charge is -2.19. The van der Waals surface area contributed by atoms with Crippen molar-refractivity contribution in [1.29, 1.82) is 0 Å². The standard InChI is InChI=1S/C10H12N4O5/c15-2-5-1-13-9-7(8(17)12-10(13)18)11-4-14(9)6(3-16)19-5/h4-6,15-16H,1-3H2,(H,12,17,18)/t5-,6-/m1/s1. The first-order valence-corrected chi connectivity index (χ1v) is 5.72. The van der Waals surface area contributed by atoms with E-state index in [4.69, 9.17) is 4.74 Å². The highest BCUT2D eigenvalue weighted by molar-refractivity contribution is 5.70. The van der Waals surface area contributed by atoms with Crippen LogP contribution in [-0.2, 0) is 11.3 Å². The van der Waals surface area contributed by atoms with Gasteiger partial charge in [0.2, 0.25) is 0 Å². The van der Waals surface area contributed by atoms with Crippen molar-refractivity contribution < 1.29 is 14.9 Å². The van der Waals surface area contributed by atoms with E-state index in [0.717, 1.165) is 0 Å². The van der Waals surface area contributed by atoms with Gasteiger partial charge in [-0.25, -0.2) is 9.78 Å². The molecule has 9 nitrogen and oxygen atoms in total. The second kappa shape index (κ2) is 4.30. The molecule has 0 spiro atoms. The lowest BCUT2D eigenvalue weighted by molar-refractivity contribution is -0.0943. The number of aliphatic hydroxyl groups excluding tert-OH is 2. The number of hydrogen-bond donors (Lipinski definition) is 3. The molecule has 0 fully saturated rings. The summed E-state index contributed by atoms with van der Waals surface area (Å²) in [5.74, 6) is 0. The molecule has 1 aliphatic heterocycles. The molecule has 0 bridgehead atoms. The van der Waals surface area contributed by atoms with Crippen LogP contribution in [0.5, 0.6) is 0 Å². The third kappa shape index (κ3) is 1.70. The van der Waals surface area contributed by atoms with Crippen LogP contribution in [0.3, 0.4) is 0 Å². The quantitative estimate of drug-likeness (QED) is 0.566. The van der Waals surface area contributed by atoms with E-state index in [1.54, 1.807) is 0 Å². The van der Waals surface area contributed by atoms with Gasteiger partial charge >= 0.3 is 5.69 Å². The van der Waals surface area contributed by atoms with Crippen LogP contribution in [0.4, 0.5) is 0 Å². The van der Waals surface area contributed by atoms with Crippen LogP contribution in [0, 0.1) is 0 Å². The monoisotopic (exact) mass is 268 g/mol. The summed E-state index contributed by atoms with van der Waals surface area (Å²) in [5, 5.41) is 18.6. The van der Waals surface area contributed by atoms with E-state index in [9.17, 15) is 19.8 Å². The fraction of sp³-hybridized carbons (Fsp3) is 0.500. The van der Waals surface area contributed by atoms with Crippen molar-refractivity contribution in [1.82, 2.24) is 19.1 Å². The van der Waals surface area contributed by atoms with E-state index in [-0.39, 0.29) is 30.9 Å². The van der Waals surface area contributed by atoms with Crippen molar-refractivity contribution in [2.75, 3.05) is 13.2 Å². The van der Waals surface area contributed by atoms with Gasteiger partial charge in [-0.2, -0.15) is 0 Å². The molecule has 19 heavy (non-hydrogen) atoms. The number of nitrogens with one attached hydrogen (secondary N) is 1. The Kier molecular flexibility index (Phi) is 2.73. The molecule has 0 saturated heterocycles. The molecule has 2 aromatic heterocycles. The number of aromatic nitrogens is 4. The average Bonchev–Trinajstić information content (AvgIpc) is 2.76. The van der Waals surface area contributed by atoms with E-state index in [1.807, 2.05) is 0 Å². The second-order valence-corrected chi connectivity index (χ2v) is 4.27. The number of rotatable bonds is 2. The third-order valence-corrected chi connectivity index (χ3v) is 3.11. The SMILES string of the molecule is O=c1[nH]c(=O)n2c3c1ncn3[C@@H](CO)O[C@@H](CO)C2. The maximum absolute atomic E-state index is 11.8. The zero-order valence-corrected chi connectivity index (χ0v) is 9.81. The highest BCUT2D eigenvalue weighted by atomic mass is 16.5. The zero-order valence-electron chi connectivity index (χ0n) is 9.81. The number of hydrogen-bond acceptors (Lipinski definition) is 6. The summed E-state index contributed by atoms with van der Waals surface area (Å²) in [5.41, 5.74) is -0.807. The maximum Gasteiger partial charge on any atom is 0.330 e. The molecule has 2 atom stereocenters. The Bertz CT molecular complexity index is 730. The van der Waals surface area contributed by atoms with E-state index >= 15 is 0 Å². The molecule has 9 heteroatoms. The highest BCUT2D eigenvalue weighted by Gasteiger charge is 2.27. The van der Waals surface area contributed by atoms with Gasteiger partial charge in [-0.1, -0.05) is 0 Å². The molecule has 0 aromatic carbocycles. The molecule has 0 radical (unpaired) electrons. The predicted octanol–water partition coefficient (Wildman–Crippen LogP) is -2.23. The van der Waals surface area contributed by atoms with Gasteiger partial charge in [0.1, 0.15) is 6.10 Å². The maximum atomic E-state index is 11.8. The van der Waals surface area contributed by atoms with Gasteiger partial charge in [0, 0.05) is 0 Å². The Hall–Kier alpha value is -1.97. The van der Waals surface area contributed by atoms with Gasteiger partial charge in [-0.3, -0.25) is 18.9 Å². The lowest BCUT2D eigenvalue weighted by atomic mass is 10.3. The average molecular weight is 268 g/mol. The minimum atomic E-state index is -0.794. The second-order valence-electron chi connectivity index (χ2n) is 4.27. The summed E-state index contributed by atoms with van der Waals surface area (Å²) in [4.78, 5) is 29.6. The number of aliphatic hydroxyl groups is 2. The van der Waals surface area contributed by atoms with Gasteiger partial charge < -0.3 is 14.9 Å². The molecule has 102 valence electrons. The number of ether oxygens (including phenoxy) is 1. The summed E-state index contributed by atoms with van der Waals surface area (Å²) in [6.07, 6.45) is -0.114. The molecular formula is C10H12N4O5. The molecular weight excluding hydrogens is 256 g/mol. The smallest absolute Gasteiger partial charge is 0.330 e. The van der Waals surface area contributed by atoms with E-state index in [0.29, 0.717) is 0 Å². The summed E-state index contributed by atoms with van der Waals surface area (Å²) in [6.45, 7) is -0.588. The van der Waals surface area contributed by atoms with E-state index in [1.165, 1.54) is 15.5 Å². The minimum absolute atomic E-state index is 0.0742. The Balaban J connectivity index is 2.36. The fourth-order valence-electron chi connectivity index (χ4n) is 2.25. The first kappa shape index (κ1) is 12.1. The predicted molar refractivity (Wildman–Crippen MR) is 62.7 cm³/mol. The first-order valence-electron chi connectivity index (χ1n) is 5.72. The van der Waals surface area contributed by atoms with Crippen LogP contribution < -0.4 is 11.2 Å². The molecule has 0 aliphatic carbocycles. The zero-order chi connectivity index (χ0) is 13.6. The Morgan fingerprint density at radius 3 is 2.89 bits per heavy atom. The van der Waals surface area contributed by atoms with Gasteiger partial charge in [0.25, 0.3) is 5.56 Å². The summed E-state index contributed by atoms with van der Waals surface area (Å²) < 4.78 is 8.18. The number of nitrogens with zero attached hydrogens (tertiary/aromatic N) is 3. The Labute approximate surface area is 105 Å². The molecule has 0 unspecified atom stereocenters. The highest BCUT2D eigenvalue weighted by Crippen LogP contribution is 2.21. The minimum Gasteiger partial charge on any atom is -0.394 e. The molecule has 0 amide bonds. The molecule has 0 saturated carbocycles. The molecule has 3 rings (SSSR count). The molecule has 1 aliphatic rings. The van der Waals surface area contributed by atoms with Gasteiger partial charge in [0.05, 0.1) is 26.1 Å². The van der Waals surface area contributed by atoms with Crippen LogP contribution in [0.25, 0.3) is 11.2 Å². The van der Waals surface area contributed by atoms with E-state index in [2.05, 4.69) is 9.97 Å².